The van der Waals surface area contributed by atoms with E-state index in [1.807, 2.05) is 13.0 Å². The van der Waals surface area contributed by atoms with Crippen molar-refractivity contribution in [1.82, 2.24) is 4.90 Å². The Morgan fingerprint density at radius 2 is 1.95 bits per heavy atom. The fourth-order valence-electron chi connectivity index (χ4n) is 4.65. The van der Waals surface area contributed by atoms with Crippen molar-refractivity contribution in [3.63, 3.8) is 0 Å². The molecule has 9 heteroatoms. The van der Waals surface area contributed by atoms with Crippen LogP contribution in [0.25, 0.3) is 6.08 Å². The van der Waals surface area contributed by atoms with Crippen LogP contribution in [0.1, 0.15) is 43.4 Å². The smallest absolute Gasteiger partial charge is 0.419 e. The minimum absolute atomic E-state index is 0.0219. The first kappa shape index (κ1) is 26.9. The Morgan fingerprint density at radius 1 is 1.11 bits per heavy atom. The number of hydrogen-bond acceptors (Lipinski definition) is 6. The first-order valence-electron chi connectivity index (χ1n) is 12.6. The number of carbonyl (C=O) groups excluding carboxylic acids is 1. The molecule has 2 aliphatic heterocycles. The van der Waals surface area contributed by atoms with Crippen molar-refractivity contribution in [1.29, 1.82) is 0 Å². The second kappa shape index (κ2) is 11.9. The van der Waals surface area contributed by atoms with Gasteiger partial charge < -0.3 is 18.9 Å². The number of alkyl halides is 3. The zero-order valence-electron chi connectivity index (χ0n) is 21.1. The average Bonchev–Trinajstić information content (AvgIpc) is 2.88. The van der Waals surface area contributed by atoms with Crippen LogP contribution >= 0.6 is 0 Å². The molecule has 0 aliphatic carbocycles. The SMILES string of the molecule is CCOC(=O)[C@@H]1CCCN(CC2=Cc3ccc(OCc4ccc(OCC)c(C(F)(F)F)c4)cc3OC2)C1. The van der Waals surface area contributed by atoms with E-state index in [0.717, 1.165) is 36.6 Å². The van der Waals surface area contributed by atoms with Crippen LogP contribution in [0.2, 0.25) is 0 Å². The van der Waals surface area contributed by atoms with Gasteiger partial charge in [0.25, 0.3) is 0 Å². The van der Waals surface area contributed by atoms with Crippen LogP contribution in [0.5, 0.6) is 17.2 Å². The molecule has 1 atom stereocenters. The first-order valence-corrected chi connectivity index (χ1v) is 12.6. The predicted molar refractivity (Wildman–Crippen MR) is 133 cm³/mol. The van der Waals surface area contributed by atoms with E-state index < -0.39 is 11.7 Å². The second-order valence-electron chi connectivity index (χ2n) is 9.17. The van der Waals surface area contributed by atoms with Gasteiger partial charge in [-0.3, -0.25) is 9.69 Å². The Morgan fingerprint density at radius 3 is 2.70 bits per heavy atom. The van der Waals surface area contributed by atoms with Crippen molar-refractivity contribution < 1.29 is 36.9 Å². The monoisotopic (exact) mass is 519 g/mol. The number of benzene rings is 2. The molecule has 2 aromatic carbocycles. The number of fused-ring (bicyclic) bond motifs is 1. The predicted octanol–water partition coefficient (Wildman–Crippen LogP) is 5.73. The van der Waals surface area contributed by atoms with Crippen molar-refractivity contribution in [3.8, 4) is 17.2 Å². The summed E-state index contributed by atoms with van der Waals surface area (Å²) in [4.78, 5) is 14.4. The standard InChI is InChI=1S/C28H32F3NO5/c1-3-34-25-10-7-19(13-24(25)28(29,30)31)17-36-23-9-8-21-12-20(18-37-26(21)14-23)15-32-11-5-6-22(16-32)27(33)35-4-2/h7-10,12-14,22H,3-6,11,15-18H2,1-2H3/t22-/m1/s1. The van der Waals surface area contributed by atoms with Gasteiger partial charge in [-0.05, 0) is 74.7 Å². The topological polar surface area (TPSA) is 57.2 Å². The molecule has 0 unspecified atom stereocenters. The summed E-state index contributed by atoms with van der Waals surface area (Å²) < 4.78 is 62.2. The summed E-state index contributed by atoms with van der Waals surface area (Å²) in [6.45, 7) is 6.72. The molecule has 37 heavy (non-hydrogen) atoms. The molecule has 0 radical (unpaired) electrons. The van der Waals surface area contributed by atoms with Crippen molar-refractivity contribution in [2.75, 3.05) is 39.5 Å². The lowest BCUT2D eigenvalue weighted by atomic mass is 9.97. The maximum atomic E-state index is 13.4. The number of carbonyl (C=O) groups is 1. The molecule has 0 amide bonds. The normalized spacial score (nSPS) is 17.9. The third kappa shape index (κ3) is 6.97. The molecule has 2 aliphatic rings. The van der Waals surface area contributed by atoms with Crippen LogP contribution in [0, 0.1) is 5.92 Å². The molecular formula is C28H32F3NO5. The van der Waals surface area contributed by atoms with E-state index in [1.54, 1.807) is 25.1 Å². The van der Waals surface area contributed by atoms with E-state index in [4.69, 9.17) is 18.9 Å². The Kier molecular flexibility index (Phi) is 8.63. The lowest BCUT2D eigenvalue weighted by Gasteiger charge is -2.32. The zero-order chi connectivity index (χ0) is 26.4. The van der Waals surface area contributed by atoms with E-state index in [2.05, 4.69) is 11.0 Å². The number of nitrogens with zero attached hydrogens (tertiary/aromatic N) is 1. The maximum absolute atomic E-state index is 13.4. The van der Waals surface area contributed by atoms with E-state index in [-0.39, 0.29) is 30.9 Å². The molecule has 0 N–H and O–H groups in total. The van der Waals surface area contributed by atoms with E-state index in [0.29, 0.717) is 43.4 Å². The summed E-state index contributed by atoms with van der Waals surface area (Å²) in [5.74, 6) is 0.759. The van der Waals surface area contributed by atoms with Crippen LogP contribution in [-0.4, -0.2) is 50.3 Å². The van der Waals surface area contributed by atoms with Crippen LogP contribution in [-0.2, 0) is 22.3 Å². The van der Waals surface area contributed by atoms with Crippen molar-refractivity contribution in [2.24, 2.45) is 5.92 Å². The van der Waals surface area contributed by atoms with E-state index >= 15 is 0 Å². The highest BCUT2D eigenvalue weighted by atomic mass is 19.4. The lowest BCUT2D eigenvalue weighted by molar-refractivity contribution is -0.149. The van der Waals surface area contributed by atoms with Gasteiger partial charge in [0.1, 0.15) is 30.5 Å². The minimum Gasteiger partial charge on any atom is -0.493 e. The van der Waals surface area contributed by atoms with Gasteiger partial charge in [0, 0.05) is 24.7 Å². The van der Waals surface area contributed by atoms with Gasteiger partial charge in [0.15, 0.2) is 0 Å². The van der Waals surface area contributed by atoms with Gasteiger partial charge in [0.05, 0.1) is 24.7 Å². The fourth-order valence-corrected chi connectivity index (χ4v) is 4.65. The average molecular weight is 520 g/mol. The summed E-state index contributed by atoms with van der Waals surface area (Å²) in [7, 11) is 0. The Bertz CT molecular complexity index is 1130. The molecular weight excluding hydrogens is 487 g/mol. The Labute approximate surface area is 214 Å². The highest BCUT2D eigenvalue weighted by Gasteiger charge is 2.34. The number of likely N-dealkylation sites (tertiary alicyclic amines) is 1. The highest BCUT2D eigenvalue weighted by molar-refractivity contribution is 5.72. The molecule has 0 aromatic heterocycles. The number of piperidine rings is 1. The number of halogens is 3. The molecule has 0 spiro atoms. The van der Waals surface area contributed by atoms with Gasteiger partial charge in [-0.25, -0.2) is 0 Å². The van der Waals surface area contributed by atoms with Gasteiger partial charge in [-0.2, -0.15) is 13.2 Å². The molecule has 1 fully saturated rings. The van der Waals surface area contributed by atoms with E-state index in [1.165, 1.54) is 6.07 Å². The quantitative estimate of drug-likeness (QED) is 0.394. The van der Waals surface area contributed by atoms with E-state index in [9.17, 15) is 18.0 Å². The fraction of sp³-hybridized carbons (Fsp3) is 0.464. The molecule has 4 rings (SSSR count). The molecule has 2 heterocycles. The molecule has 0 saturated carbocycles. The molecule has 6 nitrogen and oxygen atoms in total. The largest absolute Gasteiger partial charge is 0.493 e. The van der Waals surface area contributed by atoms with Crippen LogP contribution in [0.3, 0.4) is 0 Å². The summed E-state index contributed by atoms with van der Waals surface area (Å²) in [6.07, 6.45) is -0.630. The van der Waals surface area contributed by atoms with Crippen molar-refractivity contribution in [3.05, 3.63) is 58.7 Å². The van der Waals surface area contributed by atoms with Gasteiger partial charge in [-0.15, -0.1) is 0 Å². The zero-order valence-corrected chi connectivity index (χ0v) is 21.1. The van der Waals surface area contributed by atoms with Crippen molar-refractivity contribution >= 4 is 12.0 Å². The number of esters is 1. The first-order chi connectivity index (χ1) is 17.8. The second-order valence-corrected chi connectivity index (χ2v) is 9.17. The van der Waals surface area contributed by atoms with Gasteiger partial charge in [0.2, 0.25) is 0 Å². The van der Waals surface area contributed by atoms with Crippen LogP contribution < -0.4 is 14.2 Å². The van der Waals surface area contributed by atoms with Crippen LogP contribution in [0.4, 0.5) is 13.2 Å². The van der Waals surface area contributed by atoms with Crippen molar-refractivity contribution in [2.45, 2.75) is 39.5 Å². The number of ether oxygens (including phenoxy) is 4. The Hall–Kier alpha value is -3.20. The molecule has 0 bridgehead atoms. The molecule has 2 aromatic rings. The Balaban J connectivity index is 1.37. The summed E-state index contributed by atoms with van der Waals surface area (Å²) >= 11 is 0. The third-order valence-corrected chi connectivity index (χ3v) is 6.36. The highest BCUT2D eigenvalue weighted by Crippen LogP contribution is 2.37. The number of rotatable bonds is 9. The number of hydrogen-bond donors (Lipinski definition) is 0. The summed E-state index contributed by atoms with van der Waals surface area (Å²) in [5, 5.41) is 0. The van der Waals surface area contributed by atoms with Gasteiger partial charge in [-0.1, -0.05) is 6.07 Å². The minimum atomic E-state index is -4.52. The molecule has 200 valence electrons. The van der Waals surface area contributed by atoms with Crippen LogP contribution in [0.15, 0.2) is 42.0 Å². The summed E-state index contributed by atoms with van der Waals surface area (Å²) in [5.41, 5.74) is 1.59. The molecule has 1 saturated heterocycles. The van der Waals surface area contributed by atoms with Gasteiger partial charge >= 0.3 is 12.1 Å². The third-order valence-electron chi connectivity index (χ3n) is 6.36. The maximum Gasteiger partial charge on any atom is 0.419 e. The lowest BCUT2D eigenvalue weighted by Crippen LogP contribution is -2.40. The summed E-state index contributed by atoms with van der Waals surface area (Å²) in [6, 6.07) is 9.35.